The highest BCUT2D eigenvalue weighted by molar-refractivity contribution is 7.89. The minimum atomic E-state index is -3.63. The van der Waals surface area contributed by atoms with Crippen molar-refractivity contribution in [2.75, 3.05) is 18.4 Å². The Labute approximate surface area is 170 Å². The molecule has 2 aromatic rings. The second-order valence-corrected chi connectivity index (χ2v) is 9.39. The van der Waals surface area contributed by atoms with Crippen molar-refractivity contribution < 1.29 is 17.9 Å². The van der Waals surface area contributed by atoms with Crippen molar-refractivity contribution in [1.29, 1.82) is 0 Å². The van der Waals surface area contributed by atoms with Crippen LogP contribution in [0.4, 0.5) is 5.69 Å². The zero-order valence-corrected chi connectivity index (χ0v) is 17.5. The molecule has 3 rings (SSSR count). The number of ether oxygens (including phenoxy) is 1. The molecule has 1 N–H and O–H groups in total. The summed E-state index contributed by atoms with van der Waals surface area (Å²) in [5.41, 5.74) is 1.87. The van der Waals surface area contributed by atoms with Crippen molar-refractivity contribution in [3.63, 3.8) is 0 Å². The number of amides is 1. The number of anilines is 1. The lowest BCUT2D eigenvalue weighted by Gasteiger charge is -2.34. The normalized spacial score (nSPS) is 20.7. The second kappa shape index (κ2) is 8.21. The van der Waals surface area contributed by atoms with E-state index in [1.54, 1.807) is 18.2 Å². The molecule has 1 fully saturated rings. The van der Waals surface area contributed by atoms with Gasteiger partial charge >= 0.3 is 0 Å². The van der Waals surface area contributed by atoms with Crippen molar-refractivity contribution in [1.82, 2.24) is 4.31 Å². The number of hydrogen-bond donors (Lipinski definition) is 1. The number of nitrogens with one attached hydrogen (secondary N) is 1. The summed E-state index contributed by atoms with van der Waals surface area (Å²) in [6.07, 6.45) is -0.322. The molecule has 6 nitrogen and oxygen atoms in total. The molecule has 28 heavy (non-hydrogen) atoms. The number of carbonyl (C=O) groups is 1. The maximum Gasteiger partial charge on any atom is 0.255 e. The zero-order chi connectivity index (χ0) is 20.5. The van der Waals surface area contributed by atoms with E-state index in [-0.39, 0.29) is 23.0 Å². The molecule has 1 amide bonds. The molecule has 2 atom stereocenters. The molecule has 0 aromatic heterocycles. The standard InChI is InChI=1S/C20H23ClN2O4S/c1-13-10-17(21)6-9-19(13)22-20(24)16-4-7-18(8-5-16)28(25,26)23-11-14(2)27-15(3)12-23/h4-10,14-15H,11-12H2,1-3H3,(H,22,24)/t14-,15-/m1/s1. The summed E-state index contributed by atoms with van der Waals surface area (Å²) >= 11 is 5.93. The number of halogens is 1. The summed E-state index contributed by atoms with van der Waals surface area (Å²) in [7, 11) is -3.63. The Bertz CT molecular complexity index is 966. The Morgan fingerprint density at radius 2 is 1.71 bits per heavy atom. The van der Waals surface area contributed by atoms with Crippen LogP contribution < -0.4 is 5.32 Å². The average Bonchev–Trinajstić information content (AvgIpc) is 2.63. The molecule has 0 unspecified atom stereocenters. The monoisotopic (exact) mass is 422 g/mol. The number of rotatable bonds is 4. The van der Waals surface area contributed by atoms with Gasteiger partial charge < -0.3 is 10.1 Å². The van der Waals surface area contributed by atoms with E-state index in [1.165, 1.54) is 28.6 Å². The van der Waals surface area contributed by atoms with Gasteiger partial charge in [0.15, 0.2) is 0 Å². The number of carbonyl (C=O) groups excluding carboxylic acids is 1. The van der Waals surface area contributed by atoms with Crippen LogP contribution in [0.5, 0.6) is 0 Å². The maximum absolute atomic E-state index is 12.9. The van der Waals surface area contributed by atoms with Crippen LogP contribution in [0.1, 0.15) is 29.8 Å². The molecule has 0 radical (unpaired) electrons. The van der Waals surface area contributed by atoms with E-state index in [4.69, 9.17) is 16.3 Å². The first-order chi connectivity index (χ1) is 13.2. The van der Waals surface area contributed by atoms with E-state index in [1.807, 2.05) is 20.8 Å². The Balaban J connectivity index is 1.76. The third-order valence-corrected chi connectivity index (χ3v) is 6.66. The predicted molar refractivity (Wildman–Crippen MR) is 109 cm³/mol. The molecule has 0 bridgehead atoms. The average molecular weight is 423 g/mol. The summed E-state index contributed by atoms with van der Waals surface area (Å²) in [6.45, 7) is 6.17. The van der Waals surface area contributed by atoms with Gasteiger partial charge in [0.1, 0.15) is 0 Å². The van der Waals surface area contributed by atoms with Crippen LogP contribution in [-0.4, -0.2) is 43.9 Å². The fourth-order valence-corrected chi connectivity index (χ4v) is 5.03. The number of sulfonamides is 1. The number of morpholine rings is 1. The van der Waals surface area contributed by atoms with Gasteiger partial charge in [-0.1, -0.05) is 11.6 Å². The number of hydrogen-bond acceptors (Lipinski definition) is 4. The Hall–Kier alpha value is -1.93. The summed E-state index contributed by atoms with van der Waals surface area (Å²) in [4.78, 5) is 12.6. The highest BCUT2D eigenvalue weighted by Crippen LogP contribution is 2.23. The summed E-state index contributed by atoms with van der Waals surface area (Å²) in [6, 6.07) is 11.1. The van der Waals surface area contributed by atoms with Gasteiger partial charge in [-0.2, -0.15) is 4.31 Å². The van der Waals surface area contributed by atoms with Crippen LogP contribution in [0.15, 0.2) is 47.4 Å². The van der Waals surface area contributed by atoms with Gasteiger partial charge in [0.25, 0.3) is 5.91 Å². The van der Waals surface area contributed by atoms with E-state index in [0.717, 1.165) is 5.56 Å². The minimum absolute atomic E-state index is 0.160. The van der Waals surface area contributed by atoms with Crippen LogP contribution >= 0.6 is 11.6 Å². The second-order valence-electron chi connectivity index (χ2n) is 7.02. The lowest BCUT2D eigenvalue weighted by molar-refractivity contribution is -0.0440. The molecule has 1 aliphatic heterocycles. The van der Waals surface area contributed by atoms with Crippen molar-refractivity contribution in [2.45, 2.75) is 37.9 Å². The van der Waals surface area contributed by atoms with Crippen molar-refractivity contribution in [3.05, 3.63) is 58.6 Å². The highest BCUT2D eigenvalue weighted by atomic mass is 35.5. The SMILES string of the molecule is Cc1cc(Cl)ccc1NC(=O)c1ccc(S(=O)(=O)N2C[C@@H](C)O[C@H](C)C2)cc1. The first kappa shape index (κ1) is 20.8. The van der Waals surface area contributed by atoms with Gasteiger partial charge in [-0.05, 0) is 68.8 Å². The highest BCUT2D eigenvalue weighted by Gasteiger charge is 2.32. The number of benzene rings is 2. The third kappa shape index (κ3) is 4.55. The molecule has 8 heteroatoms. The Kier molecular flexibility index (Phi) is 6.09. The van der Waals surface area contributed by atoms with Gasteiger partial charge in [-0.3, -0.25) is 4.79 Å². The topological polar surface area (TPSA) is 75.7 Å². The van der Waals surface area contributed by atoms with E-state index in [9.17, 15) is 13.2 Å². The fraction of sp³-hybridized carbons (Fsp3) is 0.350. The molecule has 0 saturated carbocycles. The fourth-order valence-electron chi connectivity index (χ4n) is 3.22. The molecule has 2 aromatic carbocycles. The molecule has 1 heterocycles. The summed E-state index contributed by atoms with van der Waals surface area (Å²) < 4.78 is 32.8. The van der Waals surface area contributed by atoms with E-state index < -0.39 is 10.0 Å². The molecule has 1 saturated heterocycles. The Morgan fingerprint density at radius 3 is 2.29 bits per heavy atom. The molecular weight excluding hydrogens is 400 g/mol. The quantitative estimate of drug-likeness (QED) is 0.815. The molecule has 1 aliphatic rings. The molecule has 0 spiro atoms. The third-order valence-electron chi connectivity index (χ3n) is 4.58. The number of nitrogens with zero attached hydrogens (tertiary/aromatic N) is 1. The lowest BCUT2D eigenvalue weighted by atomic mass is 10.1. The zero-order valence-electron chi connectivity index (χ0n) is 16.0. The van der Waals surface area contributed by atoms with Gasteiger partial charge in [-0.25, -0.2) is 8.42 Å². The molecular formula is C20H23ClN2O4S. The van der Waals surface area contributed by atoms with Crippen LogP contribution in [0.3, 0.4) is 0 Å². The molecule has 150 valence electrons. The maximum atomic E-state index is 12.9. The number of aryl methyl sites for hydroxylation is 1. The summed E-state index contributed by atoms with van der Waals surface area (Å²) in [5, 5.41) is 3.41. The predicted octanol–water partition coefficient (Wildman–Crippen LogP) is 3.70. The van der Waals surface area contributed by atoms with Crippen LogP contribution in [0.2, 0.25) is 5.02 Å². The van der Waals surface area contributed by atoms with Crippen LogP contribution in [-0.2, 0) is 14.8 Å². The van der Waals surface area contributed by atoms with Crippen molar-refractivity contribution >= 4 is 33.2 Å². The minimum Gasteiger partial charge on any atom is -0.373 e. The summed E-state index contributed by atoms with van der Waals surface area (Å²) in [5.74, 6) is -0.317. The van der Waals surface area contributed by atoms with E-state index >= 15 is 0 Å². The van der Waals surface area contributed by atoms with Gasteiger partial charge in [0.2, 0.25) is 10.0 Å². The van der Waals surface area contributed by atoms with Gasteiger partial charge in [-0.15, -0.1) is 0 Å². The molecule has 0 aliphatic carbocycles. The first-order valence-corrected chi connectivity index (χ1v) is 10.8. The lowest BCUT2D eigenvalue weighted by Crippen LogP contribution is -2.48. The largest absolute Gasteiger partial charge is 0.373 e. The van der Waals surface area contributed by atoms with E-state index in [0.29, 0.717) is 29.4 Å². The van der Waals surface area contributed by atoms with Crippen LogP contribution in [0.25, 0.3) is 0 Å². The van der Waals surface area contributed by atoms with E-state index in [2.05, 4.69) is 5.32 Å². The van der Waals surface area contributed by atoms with Crippen LogP contribution in [0, 0.1) is 6.92 Å². The smallest absolute Gasteiger partial charge is 0.255 e. The van der Waals surface area contributed by atoms with Crippen molar-refractivity contribution in [3.8, 4) is 0 Å². The van der Waals surface area contributed by atoms with Gasteiger partial charge in [0, 0.05) is 29.4 Å². The van der Waals surface area contributed by atoms with Gasteiger partial charge in [0.05, 0.1) is 17.1 Å². The Morgan fingerprint density at radius 1 is 1.11 bits per heavy atom. The first-order valence-electron chi connectivity index (χ1n) is 9.00. The van der Waals surface area contributed by atoms with Crippen molar-refractivity contribution in [2.24, 2.45) is 0 Å².